The van der Waals surface area contributed by atoms with Crippen molar-refractivity contribution in [2.45, 2.75) is 26.4 Å². The number of anilines is 1. The van der Waals surface area contributed by atoms with E-state index in [-0.39, 0.29) is 18.5 Å². The number of rotatable bonds is 7. The number of ether oxygens (including phenoxy) is 1. The summed E-state index contributed by atoms with van der Waals surface area (Å²) in [6.45, 7) is 4.26. The molecule has 1 aromatic heterocycles. The van der Waals surface area contributed by atoms with Gasteiger partial charge in [0.15, 0.2) is 0 Å². The number of para-hydroxylation sites is 3. The molecule has 4 aromatic rings. The third-order valence-corrected chi connectivity index (χ3v) is 5.34. The predicted octanol–water partition coefficient (Wildman–Crippen LogP) is 5.66. The SMILES string of the molecule is COc1ccc(/C=C/c2nc3ccccc3n2CC(=O)N(c2ccccc2)C(C)C)cc1. The van der Waals surface area contributed by atoms with E-state index in [2.05, 4.69) is 0 Å². The monoisotopic (exact) mass is 425 g/mol. The minimum atomic E-state index is 0.0217. The van der Waals surface area contributed by atoms with Crippen LogP contribution in [0.1, 0.15) is 25.2 Å². The van der Waals surface area contributed by atoms with Gasteiger partial charge in [0.25, 0.3) is 0 Å². The van der Waals surface area contributed by atoms with E-state index in [9.17, 15) is 4.79 Å². The van der Waals surface area contributed by atoms with E-state index in [0.29, 0.717) is 0 Å². The summed E-state index contributed by atoms with van der Waals surface area (Å²) < 4.78 is 7.21. The van der Waals surface area contributed by atoms with Gasteiger partial charge < -0.3 is 14.2 Å². The maximum absolute atomic E-state index is 13.4. The highest BCUT2D eigenvalue weighted by Gasteiger charge is 2.21. The molecule has 0 saturated heterocycles. The Morgan fingerprint density at radius 1 is 0.969 bits per heavy atom. The summed E-state index contributed by atoms with van der Waals surface area (Å²) in [5.41, 5.74) is 3.73. The standard InChI is InChI=1S/C27H27N3O2/c1-20(2)30(22-9-5-4-6-10-22)27(31)19-29-25-12-8-7-11-24(25)28-26(29)18-15-21-13-16-23(32-3)17-14-21/h4-18,20H,19H2,1-3H3/b18-15+. The van der Waals surface area contributed by atoms with Crippen LogP contribution in [0, 0.1) is 0 Å². The summed E-state index contributed by atoms with van der Waals surface area (Å²) >= 11 is 0. The molecule has 0 N–H and O–H groups in total. The van der Waals surface area contributed by atoms with E-state index >= 15 is 0 Å². The van der Waals surface area contributed by atoms with Crippen LogP contribution < -0.4 is 9.64 Å². The Morgan fingerprint density at radius 3 is 2.34 bits per heavy atom. The van der Waals surface area contributed by atoms with Gasteiger partial charge in [0.1, 0.15) is 18.1 Å². The molecule has 162 valence electrons. The molecule has 0 spiro atoms. The molecule has 0 radical (unpaired) electrons. The molecule has 0 aliphatic rings. The zero-order chi connectivity index (χ0) is 22.5. The van der Waals surface area contributed by atoms with Gasteiger partial charge in [-0.3, -0.25) is 4.79 Å². The molecule has 5 nitrogen and oxygen atoms in total. The lowest BCUT2D eigenvalue weighted by molar-refractivity contribution is -0.119. The average Bonchev–Trinajstić information content (AvgIpc) is 3.16. The van der Waals surface area contributed by atoms with Crippen molar-refractivity contribution in [2.75, 3.05) is 12.0 Å². The molecule has 5 heteroatoms. The van der Waals surface area contributed by atoms with Crippen molar-refractivity contribution in [3.63, 3.8) is 0 Å². The van der Waals surface area contributed by atoms with Crippen LogP contribution in [0.2, 0.25) is 0 Å². The summed E-state index contributed by atoms with van der Waals surface area (Å²) in [6.07, 6.45) is 3.95. The maximum atomic E-state index is 13.4. The van der Waals surface area contributed by atoms with E-state index in [1.165, 1.54) is 0 Å². The molecule has 0 aliphatic carbocycles. The van der Waals surface area contributed by atoms with Gasteiger partial charge in [0, 0.05) is 11.7 Å². The number of hydrogen-bond acceptors (Lipinski definition) is 3. The van der Waals surface area contributed by atoms with E-state index in [4.69, 9.17) is 9.72 Å². The molecule has 0 saturated carbocycles. The van der Waals surface area contributed by atoms with Crippen LogP contribution in [0.4, 0.5) is 5.69 Å². The molecule has 4 rings (SSSR count). The molecule has 0 atom stereocenters. The minimum absolute atomic E-state index is 0.0217. The second kappa shape index (κ2) is 9.52. The molecule has 1 heterocycles. The summed E-state index contributed by atoms with van der Waals surface area (Å²) in [6, 6.07) is 25.6. The molecule has 1 amide bonds. The first-order chi connectivity index (χ1) is 15.6. The summed E-state index contributed by atoms with van der Waals surface area (Å²) in [4.78, 5) is 20.0. The number of amides is 1. The largest absolute Gasteiger partial charge is 0.497 e. The average molecular weight is 426 g/mol. The number of benzene rings is 3. The first kappa shape index (κ1) is 21.4. The Bertz CT molecular complexity index is 1220. The van der Waals surface area contributed by atoms with E-state index in [1.807, 2.05) is 114 Å². The van der Waals surface area contributed by atoms with Gasteiger partial charge in [-0.15, -0.1) is 0 Å². The van der Waals surface area contributed by atoms with Gasteiger partial charge in [-0.25, -0.2) is 4.98 Å². The Kier molecular flexibility index (Phi) is 6.36. The molecule has 0 bridgehead atoms. The zero-order valence-corrected chi connectivity index (χ0v) is 18.6. The van der Waals surface area contributed by atoms with Crippen LogP contribution in [-0.2, 0) is 11.3 Å². The number of fused-ring (bicyclic) bond motifs is 1. The smallest absolute Gasteiger partial charge is 0.247 e. The number of nitrogens with zero attached hydrogens (tertiary/aromatic N) is 3. The van der Waals surface area contributed by atoms with Crippen molar-refractivity contribution in [2.24, 2.45) is 0 Å². The highest BCUT2D eigenvalue weighted by atomic mass is 16.5. The third-order valence-electron chi connectivity index (χ3n) is 5.34. The topological polar surface area (TPSA) is 47.4 Å². The first-order valence-electron chi connectivity index (χ1n) is 10.7. The van der Waals surface area contributed by atoms with Gasteiger partial charge in [-0.2, -0.15) is 0 Å². The lowest BCUT2D eigenvalue weighted by Crippen LogP contribution is -2.39. The quantitative estimate of drug-likeness (QED) is 0.384. The number of hydrogen-bond donors (Lipinski definition) is 0. The maximum Gasteiger partial charge on any atom is 0.247 e. The predicted molar refractivity (Wildman–Crippen MR) is 131 cm³/mol. The van der Waals surface area contributed by atoms with Crippen molar-refractivity contribution in [1.82, 2.24) is 9.55 Å². The molecule has 3 aromatic carbocycles. The Hall–Kier alpha value is -3.86. The zero-order valence-electron chi connectivity index (χ0n) is 18.6. The Morgan fingerprint density at radius 2 is 1.66 bits per heavy atom. The first-order valence-corrected chi connectivity index (χ1v) is 10.7. The van der Waals surface area contributed by atoms with E-state index in [1.54, 1.807) is 7.11 Å². The molecule has 0 fully saturated rings. The van der Waals surface area contributed by atoms with Crippen LogP contribution >= 0.6 is 0 Å². The van der Waals surface area contributed by atoms with Crippen molar-refractivity contribution in [1.29, 1.82) is 0 Å². The second-order valence-electron chi connectivity index (χ2n) is 7.84. The number of methoxy groups -OCH3 is 1. The highest BCUT2D eigenvalue weighted by molar-refractivity contribution is 5.95. The van der Waals surface area contributed by atoms with Gasteiger partial charge in [-0.1, -0.05) is 48.5 Å². The van der Waals surface area contributed by atoms with Crippen LogP contribution in [0.5, 0.6) is 5.75 Å². The normalized spacial score (nSPS) is 11.4. The molecular formula is C27H27N3O2. The number of imidazole rings is 1. The van der Waals surface area contributed by atoms with E-state index in [0.717, 1.165) is 33.9 Å². The fraction of sp³-hybridized carbons (Fsp3) is 0.185. The Balaban J connectivity index is 1.68. The molecule has 0 unspecified atom stereocenters. The van der Waals surface area contributed by atoms with Crippen molar-refractivity contribution in [3.8, 4) is 5.75 Å². The van der Waals surface area contributed by atoms with E-state index < -0.39 is 0 Å². The van der Waals surface area contributed by atoms with Crippen LogP contribution in [0.25, 0.3) is 23.2 Å². The fourth-order valence-electron chi connectivity index (χ4n) is 3.80. The fourth-order valence-corrected chi connectivity index (χ4v) is 3.80. The molecule has 32 heavy (non-hydrogen) atoms. The van der Waals surface area contributed by atoms with Crippen LogP contribution in [0.15, 0.2) is 78.9 Å². The lowest BCUT2D eigenvalue weighted by Gasteiger charge is -2.27. The van der Waals surface area contributed by atoms with Gasteiger partial charge in [-0.05, 0) is 61.9 Å². The summed E-state index contributed by atoms with van der Waals surface area (Å²) in [7, 11) is 1.65. The van der Waals surface area contributed by atoms with Crippen LogP contribution in [-0.4, -0.2) is 28.6 Å². The van der Waals surface area contributed by atoms with Crippen molar-refractivity contribution in [3.05, 3.63) is 90.3 Å². The third kappa shape index (κ3) is 4.57. The lowest BCUT2D eigenvalue weighted by atomic mass is 10.2. The number of carbonyl (C=O) groups is 1. The van der Waals surface area contributed by atoms with Gasteiger partial charge in [0.05, 0.1) is 18.1 Å². The minimum Gasteiger partial charge on any atom is -0.497 e. The van der Waals surface area contributed by atoms with Crippen molar-refractivity contribution < 1.29 is 9.53 Å². The van der Waals surface area contributed by atoms with Crippen molar-refractivity contribution >= 4 is 34.8 Å². The summed E-state index contributed by atoms with van der Waals surface area (Å²) in [5, 5.41) is 0. The Labute approximate surface area is 188 Å². The molecule has 0 aliphatic heterocycles. The number of aromatic nitrogens is 2. The van der Waals surface area contributed by atoms with Gasteiger partial charge >= 0.3 is 0 Å². The number of carbonyl (C=O) groups excluding carboxylic acids is 1. The summed E-state index contributed by atoms with van der Waals surface area (Å²) in [5.74, 6) is 1.58. The highest BCUT2D eigenvalue weighted by Crippen LogP contribution is 2.22. The second-order valence-corrected chi connectivity index (χ2v) is 7.84. The van der Waals surface area contributed by atoms with Crippen LogP contribution in [0.3, 0.4) is 0 Å². The molecular weight excluding hydrogens is 398 g/mol. The van der Waals surface area contributed by atoms with Gasteiger partial charge in [0.2, 0.25) is 5.91 Å².